The maximum absolute atomic E-state index is 4.68. The number of hydrogen-bond acceptors (Lipinski definition) is 4. The molecule has 3 rings (SSSR count). The van der Waals surface area contributed by atoms with Gasteiger partial charge in [0.2, 0.25) is 0 Å². The number of nitrogens with one attached hydrogen (secondary N) is 1. The molecule has 0 aromatic carbocycles. The molecule has 0 saturated heterocycles. The molecule has 0 amide bonds. The van der Waals surface area contributed by atoms with Crippen LogP contribution in [0.1, 0.15) is 23.3 Å². The molecular formula is C15H18BrN3S. The molecule has 0 unspecified atom stereocenters. The van der Waals surface area contributed by atoms with E-state index in [0.29, 0.717) is 6.04 Å². The molecule has 2 heterocycles. The topological polar surface area (TPSA) is 28.2 Å². The highest BCUT2D eigenvalue weighted by Gasteiger charge is 2.31. The summed E-state index contributed by atoms with van der Waals surface area (Å²) < 4.78 is 1.04. The molecule has 1 aliphatic carbocycles. The molecule has 0 atom stereocenters. The van der Waals surface area contributed by atoms with Crippen molar-refractivity contribution in [2.24, 2.45) is 0 Å². The second kappa shape index (κ2) is 6.24. The number of aromatic nitrogens is 1. The number of halogens is 1. The Labute approximate surface area is 132 Å². The summed E-state index contributed by atoms with van der Waals surface area (Å²) in [5, 5.41) is 5.38. The van der Waals surface area contributed by atoms with Crippen LogP contribution in [0.2, 0.25) is 0 Å². The molecule has 1 aliphatic rings. The minimum atomic E-state index is 0.654. The Kier molecular flexibility index (Phi) is 4.38. The van der Waals surface area contributed by atoms with Crippen molar-refractivity contribution in [3.05, 3.63) is 44.7 Å². The van der Waals surface area contributed by atoms with Gasteiger partial charge in [0.1, 0.15) is 5.82 Å². The second-order valence-electron chi connectivity index (χ2n) is 5.11. The fourth-order valence-corrected chi connectivity index (χ4v) is 3.47. The van der Waals surface area contributed by atoms with E-state index < -0.39 is 0 Å². The Morgan fingerprint density at radius 2 is 2.35 bits per heavy atom. The van der Waals surface area contributed by atoms with Gasteiger partial charge in [-0.3, -0.25) is 0 Å². The molecule has 2 aromatic heterocycles. The van der Waals surface area contributed by atoms with Crippen LogP contribution in [0.25, 0.3) is 0 Å². The molecule has 2 aromatic rings. The third-order valence-electron chi connectivity index (χ3n) is 3.44. The lowest BCUT2D eigenvalue weighted by Crippen LogP contribution is -2.27. The van der Waals surface area contributed by atoms with Crippen molar-refractivity contribution in [1.82, 2.24) is 10.3 Å². The monoisotopic (exact) mass is 351 g/mol. The van der Waals surface area contributed by atoms with Crippen molar-refractivity contribution >= 4 is 33.1 Å². The lowest BCUT2D eigenvalue weighted by Gasteiger charge is -2.25. The normalized spacial score (nSPS) is 14.5. The van der Waals surface area contributed by atoms with Gasteiger partial charge in [0, 0.05) is 33.7 Å². The highest BCUT2D eigenvalue weighted by molar-refractivity contribution is 9.10. The van der Waals surface area contributed by atoms with Crippen molar-refractivity contribution in [2.45, 2.75) is 32.0 Å². The van der Waals surface area contributed by atoms with Gasteiger partial charge in [0.05, 0.1) is 6.54 Å². The van der Waals surface area contributed by atoms with E-state index in [-0.39, 0.29) is 0 Å². The molecule has 0 aliphatic heterocycles. The number of hydrogen-bond donors (Lipinski definition) is 1. The maximum Gasteiger partial charge on any atom is 0.133 e. The zero-order valence-corrected chi connectivity index (χ0v) is 13.9. The first-order valence-corrected chi connectivity index (χ1v) is 8.53. The zero-order chi connectivity index (χ0) is 13.9. The molecule has 1 saturated carbocycles. The Hall–Kier alpha value is -0.910. The maximum atomic E-state index is 4.68. The van der Waals surface area contributed by atoms with Gasteiger partial charge in [-0.05, 0) is 53.3 Å². The molecule has 0 bridgehead atoms. The van der Waals surface area contributed by atoms with E-state index in [2.05, 4.69) is 54.7 Å². The average molecular weight is 352 g/mol. The first-order chi connectivity index (χ1) is 9.78. The quantitative estimate of drug-likeness (QED) is 0.857. The second-order valence-corrected chi connectivity index (χ2v) is 7.05. The molecule has 0 spiro atoms. The van der Waals surface area contributed by atoms with Gasteiger partial charge < -0.3 is 10.2 Å². The Morgan fingerprint density at radius 1 is 1.50 bits per heavy atom. The molecule has 20 heavy (non-hydrogen) atoms. The van der Waals surface area contributed by atoms with E-state index in [1.807, 2.05) is 24.6 Å². The predicted octanol–water partition coefficient (Wildman–Crippen LogP) is 3.79. The summed E-state index contributed by atoms with van der Waals surface area (Å²) in [6.45, 7) is 1.81. The predicted molar refractivity (Wildman–Crippen MR) is 88.2 cm³/mol. The smallest absolute Gasteiger partial charge is 0.133 e. The first-order valence-electron chi connectivity index (χ1n) is 6.86. The molecule has 0 radical (unpaired) electrons. The van der Waals surface area contributed by atoms with Crippen molar-refractivity contribution < 1.29 is 0 Å². The van der Waals surface area contributed by atoms with Crippen LogP contribution in [0.15, 0.2) is 34.2 Å². The Bertz CT molecular complexity index is 567. The highest BCUT2D eigenvalue weighted by atomic mass is 79.9. The average Bonchev–Trinajstić information content (AvgIpc) is 3.15. The van der Waals surface area contributed by atoms with Gasteiger partial charge in [-0.2, -0.15) is 0 Å². The van der Waals surface area contributed by atoms with E-state index in [1.165, 1.54) is 23.3 Å². The van der Waals surface area contributed by atoms with Crippen LogP contribution in [-0.4, -0.2) is 18.1 Å². The molecule has 1 N–H and O–H groups in total. The molecule has 5 heteroatoms. The van der Waals surface area contributed by atoms with Crippen molar-refractivity contribution in [2.75, 3.05) is 11.9 Å². The largest absolute Gasteiger partial charge is 0.348 e. The number of anilines is 1. The Morgan fingerprint density at radius 3 is 3.00 bits per heavy atom. The fourth-order valence-electron chi connectivity index (χ4n) is 2.39. The minimum Gasteiger partial charge on any atom is -0.348 e. The van der Waals surface area contributed by atoms with Crippen LogP contribution >= 0.6 is 27.3 Å². The fraction of sp³-hybridized carbons (Fsp3) is 0.400. The summed E-state index contributed by atoms with van der Waals surface area (Å²) in [6.07, 6.45) is 4.46. The van der Waals surface area contributed by atoms with Crippen LogP contribution in [-0.2, 0) is 13.1 Å². The number of pyridine rings is 1. The van der Waals surface area contributed by atoms with Crippen LogP contribution in [0, 0.1) is 0 Å². The van der Waals surface area contributed by atoms with Gasteiger partial charge in [0.25, 0.3) is 0 Å². The lowest BCUT2D eigenvalue weighted by molar-refractivity contribution is 0.753. The van der Waals surface area contributed by atoms with Gasteiger partial charge in [-0.25, -0.2) is 4.98 Å². The zero-order valence-electron chi connectivity index (χ0n) is 11.5. The summed E-state index contributed by atoms with van der Waals surface area (Å²) in [6, 6.07) is 7.15. The molecule has 106 valence electrons. The SMILES string of the molecule is CNCc1cc(Br)cnc1N(Cc1cccs1)C1CC1. The first kappa shape index (κ1) is 14.0. The Balaban J connectivity index is 1.90. The highest BCUT2D eigenvalue weighted by Crippen LogP contribution is 2.35. The van der Waals surface area contributed by atoms with Crippen LogP contribution in [0.4, 0.5) is 5.82 Å². The van der Waals surface area contributed by atoms with Gasteiger partial charge in [0.15, 0.2) is 0 Å². The summed E-state index contributed by atoms with van der Waals surface area (Å²) in [5.41, 5.74) is 1.25. The van der Waals surface area contributed by atoms with E-state index >= 15 is 0 Å². The molecule has 3 nitrogen and oxygen atoms in total. The van der Waals surface area contributed by atoms with E-state index in [1.54, 1.807) is 0 Å². The minimum absolute atomic E-state index is 0.654. The summed E-state index contributed by atoms with van der Waals surface area (Å²) in [5.74, 6) is 1.12. The number of thiophene rings is 1. The van der Waals surface area contributed by atoms with Crippen molar-refractivity contribution in [3.8, 4) is 0 Å². The third-order valence-corrected chi connectivity index (χ3v) is 4.74. The van der Waals surface area contributed by atoms with Crippen LogP contribution < -0.4 is 10.2 Å². The van der Waals surface area contributed by atoms with E-state index in [0.717, 1.165) is 23.4 Å². The molecule has 1 fully saturated rings. The van der Waals surface area contributed by atoms with Crippen LogP contribution in [0.5, 0.6) is 0 Å². The van der Waals surface area contributed by atoms with Crippen molar-refractivity contribution in [3.63, 3.8) is 0 Å². The summed E-state index contributed by atoms with van der Waals surface area (Å²) >= 11 is 5.34. The van der Waals surface area contributed by atoms with E-state index in [4.69, 9.17) is 0 Å². The third kappa shape index (κ3) is 3.22. The standard InChI is InChI=1S/C15H18BrN3S/c1-17-8-11-7-12(16)9-18-15(11)19(13-4-5-13)10-14-3-2-6-20-14/h2-3,6-7,9,13,17H,4-5,8,10H2,1H3. The van der Waals surface area contributed by atoms with Crippen LogP contribution in [0.3, 0.4) is 0 Å². The van der Waals surface area contributed by atoms with E-state index in [9.17, 15) is 0 Å². The lowest BCUT2D eigenvalue weighted by atomic mass is 10.2. The summed E-state index contributed by atoms with van der Waals surface area (Å²) in [7, 11) is 1.98. The van der Waals surface area contributed by atoms with Crippen molar-refractivity contribution in [1.29, 1.82) is 0 Å². The number of rotatable bonds is 6. The van der Waals surface area contributed by atoms with Gasteiger partial charge >= 0.3 is 0 Å². The van der Waals surface area contributed by atoms with Gasteiger partial charge in [-0.15, -0.1) is 11.3 Å². The van der Waals surface area contributed by atoms with Gasteiger partial charge in [-0.1, -0.05) is 6.07 Å². The molecular weight excluding hydrogens is 334 g/mol. The number of nitrogens with zero attached hydrogens (tertiary/aromatic N) is 2. The summed E-state index contributed by atoms with van der Waals surface area (Å²) in [4.78, 5) is 8.55.